The predicted molar refractivity (Wildman–Crippen MR) is 118 cm³/mol. The molecular weight excluding hydrogens is 390 g/mol. The highest BCUT2D eigenvalue weighted by atomic mass is 16.5. The van der Waals surface area contributed by atoms with Crippen LogP contribution >= 0.6 is 0 Å². The summed E-state index contributed by atoms with van der Waals surface area (Å²) in [5, 5.41) is 7.10. The van der Waals surface area contributed by atoms with Crippen LogP contribution in [0, 0.1) is 0 Å². The molecule has 0 aliphatic carbocycles. The van der Waals surface area contributed by atoms with Gasteiger partial charge in [-0.25, -0.2) is 0 Å². The van der Waals surface area contributed by atoms with E-state index in [0.29, 0.717) is 37.8 Å². The van der Waals surface area contributed by atoms with Crippen molar-refractivity contribution >= 4 is 5.91 Å². The van der Waals surface area contributed by atoms with Crippen LogP contribution in [0.2, 0.25) is 0 Å². The van der Waals surface area contributed by atoms with Crippen LogP contribution in [0.3, 0.4) is 0 Å². The molecule has 1 aliphatic rings. The maximum atomic E-state index is 13.2. The van der Waals surface area contributed by atoms with Gasteiger partial charge in [0.1, 0.15) is 0 Å². The zero-order valence-corrected chi connectivity index (χ0v) is 18.4. The molecule has 1 fully saturated rings. The van der Waals surface area contributed by atoms with Crippen LogP contribution in [0.4, 0.5) is 0 Å². The zero-order valence-electron chi connectivity index (χ0n) is 18.4. The summed E-state index contributed by atoms with van der Waals surface area (Å²) in [4.78, 5) is 17.7. The molecule has 0 saturated carbocycles. The first-order valence-corrected chi connectivity index (χ1v) is 10.7. The number of ether oxygens (including phenoxy) is 1. The van der Waals surface area contributed by atoms with E-state index >= 15 is 0 Å². The second-order valence-corrected chi connectivity index (χ2v) is 9.08. The molecule has 1 aliphatic heterocycles. The number of aromatic nitrogens is 2. The Morgan fingerprint density at radius 3 is 2.35 bits per heavy atom. The van der Waals surface area contributed by atoms with Crippen LogP contribution in [-0.4, -0.2) is 29.3 Å². The van der Waals surface area contributed by atoms with Crippen LogP contribution in [-0.2, 0) is 26.9 Å². The molecule has 6 nitrogen and oxygen atoms in total. The van der Waals surface area contributed by atoms with Crippen molar-refractivity contribution in [2.75, 3.05) is 13.2 Å². The van der Waals surface area contributed by atoms with Crippen molar-refractivity contribution in [3.05, 3.63) is 71.6 Å². The van der Waals surface area contributed by atoms with Crippen LogP contribution in [0.5, 0.6) is 0 Å². The summed E-state index contributed by atoms with van der Waals surface area (Å²) in [6.07, 6.45) is 1.30. The van der Waals surface area contributed by atoms with Gasteiger partial charge in [0.15, 0.2) is 0 Å². The quantitative estimate of drug-likeness (QED) is 0.663. The minimum absolute atomic E-state index is 0.0312. The van der Waals surface area contributed by atoms with E-state index in [1.54, 1.807) is 0 Å². The van der Waals surface area contributed by atoms with E-state index in [-0.39, 0.29) is 17.9 Å². The summed E-state index contributed by atoms with van der Waals surface area (Å²) >= 11 is 0. The first-order chi connectivity index (χ1) is 14.9. The van der Waals surface area contributed by atoms with Gasteiger partial charge in [0.05, 0.1) is 12.0 Å². The third kappa shape index (κ3) is 4.54. The summed E-state index contributed by atoms with van der Waals surface area (Å²) in [6.45, 7) is 7.86. The fraction of sp³-hybridized carbons (Fsp3) is 0.400. The van der Waals surface area contributed by atoms with E-state index in [1.807, 2.05) is 42.5 Å². The Labute approximate surface area is 183 Å². The molecule has 31 heavy (non-hydrogen) atoms. The fourth-order valence-corrected chi connectivity index (χ4v) is 4.01. The molecule has 2 aromatic carbocycles. The Hall–Kier alpha value is -2.99. The van der Waals surface area contributed by atoms with Crippen molar-refractivity contribution in [3.63, 3.8) is 0 Å². The first-order valence-electron chi connectivity index (χ1n) is 10.7. The zero-order chi connectivity index (χ0) is 21.9. The van der Waals surface area contributed by atoms with E-state index in [9.17, 15) is 4.79 Å². The second-order valence-electron chi connectivity index (χ2n) is 9.08. The molecule has 6 heteroatoms. The van der Waals surface area contributed by atoms with Crippen LogP contribution < -0.4 is 5.32 Å². The summed E-state index contributed by atoms with van der Waals surface area (Å²) in [5.41, 5.74) is 2.64. The maximum Gasteiger partial charge on any atom is 0.246 e. The van der Waals surface area contributed by atoms with Gasteiger partial charge in [-0.15, -0.1) is 0 Å². The third-order valence-corrected chi connectivity index (χ3v) is 5.98. The number of carbonyl (C=O) groups excluding carboxylic acids is 1. The van der Waals surface area contributed by atoms with E-state index < -0.39 is 5.41 Å². The standard InChI is InChI=1S/C25H29N3O3/c1-24(2,3)19-11-9-18(10-12-19)22-27-21(31-28-22)17-26-23(29)25(13-15-30-16-14-25)20-7-5-4-6-8-20/h4-12H,13-17H2,1-3H3,(H,26,29). The molecule has 1 N–H and O–H groups in total. The molecular formula is C25H29N3O3. The van der Waals surface area contributed by atoms with E-state index in [2.05, 4.69) is 48.4 Å². The van der Waals surface area contributed by atoms with Crippen LogP contribution in [0.15, 0.2) is 59.1 Å². The lowest BCUT2D eigenvalue weighted by molar-refractivity contribution is -0.130. The Kier molecular flexibility index (Phi) is 5.92. The smallest absolute Gasteiger partial charge is 0.246 e. The molecule has 3 aromatic rings. The van der Waals surface area contributed by atoms with Gasteiger partial charge in [-0.05, 0) is 29.4 Å². The number of hydrogen-bond acceptors (Lipinski definition) is 5. The minimum Gasteiger partial charge on any atom is -0.381 e. The monoisotopic (exact) mass is 419 g/mol. The molecule has 1 amide bonds. The van der Waals surface area contributed by atoms with Gasteiger partial charge >= 0.3 is 0 Å². The number of benzene rings is 2. The number of carbonyl (C=O) groups is 1. The lowest BCUT2D eigenvalue weighted by atomic mass is 9.73. The van der Waals surface area contributed by atoms with Gasteiger partial charge in [0.2, 0.25) is 17.6 Å². The second kappa shape index (κ2) is 8.63. The number of rotatable bonds is 5. The molecule has 162 valence electrons. The summed E-state index contributed by atoms with van der Waals surface area (Å²) in [6, 6.07) is 18.1. The first kappa shape index (κ1) is 21.2. The lowest BCUT2D eigenvalue weighted by Gasteiger charge is -2.36. The van der Waals surface area contributed by atoms with Crippen molar-refractivity contribution in [2.45, 2.75) is 51.0 Å². The summed E-state index contributed by atoms with van der Waals surface area (Å²) < 4.78 is 10.9. The van der Waals surface area contributed by atoms with Crippen LogP contribution in [0.25, 0.3) is 11.4 Å². The van der Waals surface area contributed by atoms with E-state index in [1.165, 1.54) is 5.56 Å². The van der Waals surface area contributed by atoms with Gasteiger partial charge in [-0.1, -0.05) is 80.5 Å². The molecule has 1 saturated heterocycles. The number of nitrogens with zero attached hydrogens (tertiary/aromatic N) is 2. The average Bonchev–Trinajstić information content (AvgIpc) is 3.27. The maximum absolute atomic E-state index is 13.2. The van der Waals surface area contributed by atoms with Gasteiger partial charge in [-0.2, -0.15) is 4.98 Å². The number of hydrogen-bond donors (Lipinski definition) is 1. The summed E-state index contributed by atoms with van der Waals surface area (Å²) in [5.74, 6) is 0.878. The molecule has 0 atom stereocenters. The SMILES string of the molecule is CC(C)(C)c1ccc(-c2noc(CNC(=O)C3(c4ccccc4)CCOCC3)n2)cc1. The topological polar surface area (TPSA) is 77.2 Å². The normalized spacial score (nSPS) is 16.1. The average molecular weight is 420 g/mol. The fourth-order valence-electron chi connectivity index (χ4n) is 4.01. The molecule has 0 radical (unpaired) electrons. The lowest BCUT2D eigenvalue weighted by Crippen LogP contribution is -2.47. The van der Waals surface area contributed by atoms with Crippen molar-refractivity contribution in [1.82, 2.24) is 15.5 Å². The third-order valence-electron chi connectivity index (χ3n) is 5.98. The van der Waals surface area contributed by atoms with E-state index in [4.69, 9.17) is 9.26 Å². The summed E-state index contributed by atoms with van der Waals surface area (Å²) in [7, 11) is 0. The highest BCUT2D eigenvalue weighted by Crippen LogP contribution is 2.35. The Morgan fingerprint density at radius 2 is 1.71 bits per heavy atom. The minimum atomic E-state index is -0.592. The Balaban J connectivity index is 1.46. The Morgan fingerprint density at radius 1 is 1.03 bits per heavy atom. The van der Waals surface area contributed by atoms with Crippen molar-refractivity contribution in [3.8, 4) is 11.4 Å². The highest BCUT2D eigenvalue weighted by Gasteiger charge is 2.41. The molecule has 4 rings (SSSR count). The number of amides is 1. The predicted octanol–water partition coefficient (Wildman–Crippen LogP) is 4.40. The number of nitrogens with one attached hydrogen (secondary N) is 1. The molecule has 2 heterocycles. The van der Waals surface area contributed by atoms with Crippen molar-refractivity contribution in [1.29, 1.82) is 0 Å². The molecule has 1 aromatic heterocycles. The molecule has 0 unspecified atom stereocenters. The highest BCUT2D eigenvalue weighted by molar-refractivity contribution is 5.88. The van der Waals surface area contributed by atoms with Gasteiger partial charge in [0.25, 0.3) is 0 Å². The largest absolute Gasteiger partial charge is 0.381 e. The van der Waals surface area contributed by atoms with Gasteiger partial charge in [-0.3, -0.25) is 4.79 Å². The Bertz CT molecular complexity index is 1010. The van der Waals surface area contributed by atoms with Crippen LogP contribution in [0.1, 0.15) is 50.6 Å². The van der Waals surface area contributed by atoms with Gasteiger partial charge < -0.3 is 14.6 Å². The van der Waals surface area contributed by atoms with Gasteiger partial charge in [0, 0.05) is 18.8 Å². The molecule has 0 bridgehead atoms. The van der Waals surface area contributed by atoms with Crippen molar-refractivity contribution < 1.29 is 14.1 Å². The molecule has 0 spiro atoms. The van der Waals surface area contributed by atoms with E-state index in [0.717, 1.165) is 11.1 Å². The van der Waals surface area contributed by atoms with Crippen molar-refractivity contribution in [2.24, 2.45) is 0 Å².